The van der Waals surface area contributed by atoms with Gasteiger partial charge >= 0.3 is 6.85 Å². The van der Waals surface area contributed by atoms with Crippen LogP contribution < -0.4 is 20.6 Å². The molecule has 0 saturated carbocycles. The lowest BCUT2D eigenvalue weighted by atomic mass is 9.42. The van der Waals surface area contributed by atoms with Crippen molar-refractivity contribution in [2.45, 2.75) is 5.41 Å². The van der Waals surface area contributed by atoms with Crippen molar-refractivity contribution in [1.82, 2.24) is 0 Å². The van der Waals surface area contributed by atoms with Crippen LogP contribution in [0.1, 0.15) is 22.3 Å². The van der Waals surface area contributed by atoms with E-state index < -0.39 is 5.41 Å². The second kappa shape index (κ2) is 13.4. The van der Waals surface area contributed by atoms with E-state index in [0.717, 1.165) is 5.69 Å². The highest BCUT2D eigenvalue weighted by Crippen LogP contribution is 2.64. The van der Waals surface area contributed by atoms with Crippen LogP contribution in [0.2, 0.25) is 0 Å². The molecule has 0 aromatic heterocycles. The zero-order chi connectivity index (χ0) is 41.9. The maximum Gasteiger partial charge on any atom is 0.333 e. The molecule has 10 aromatic rings. The Balaban J connectivity index is 1.12. The molecule has 3 aliphatic heterocycles. The van der Waals surface area contributed by atoms with Gasteiger partial charge in [-0.25, -0.2) is 0 Å². The summed E-state index contributed by atoms with van der Waals surface area (Å²) in [5.74, 6) is 0. The zero-order valence-electron chi connectivity index (χ0n) is 35.0. The molecule has 2 nitrogen and oxygen atoms in total. The van der Waals surface area contributed by atoms with E-state index in [9.17, 15) is 0 Å². The maximum atomic E-state index is 2.67. The molecule has 4 aliphatic rings. The molecule has 3 heteroatoms. The Bertz CT molecular complexity index is 3420. The van der Waals surface area contributed by atoms with Gasteiger partial charge < -0.3 is 9.71 Å². The van der Waals surface area contributed by atoms with Crippen molar-refractivity contribution in [2.24, 2.45) is 0 Å². The van der Waals surface area contributed by atoms with Gasteiger partial charge in [-0.05, 0) is 126 Å². The van der Waals surface area contributed by atoms with Gasteiger partial charge in [0.25, 0.3) is 0 Å². The van der Waals surface area contributed by atoms with E-state index in [0.29, 0.717) is 0 Å². The maximum absolute atomic E-state index is 2.67. The summed E-state index contributed by atoms with van der Waals surface area (Å²) in [6.07, 6.45) is 0. The Morgan fingerprint density at radius 2 is 0.797 bits per heavy atom. The first-order chi connectivity index (χ1) is 31.8. The van der Waals surface area contributed by atoms with Gasteiger partial charge in [-0.2, -0.15) is 0 Å². The molecule has 0 radical (unpaired) electrons. The fourth-order valence-corrected chi connectivity index (χ4v) is 11.9. The molecule has 1 spiro atoms. The first kappa shape index (κ1) is 35.5. The smallest absolute Gasteiger partial charge is 0.333 e. The topological polar surface area (TPSA) is 6.48 Å². The van der Waals surface area contributed by atoms with Crippen LogP contribution in [0, 0.1) is 0 Å². The Morgan fingerprint density at radius 3 is 1.41 bits per heavy atom. The SMILES string of the molecule is c1ccc(-c2cc(-c3ccccc3)cc(N3B4c5cccc6c5N(c5ccccc5C65c6ccccc6-c6ccccc65)c5cc(-c6ccccc6)cc(c54)-c4ccccc43)c2)cc1. The molecule has 0 fully saturated rings. The number of fused-ring (bicyclic) bond motifs is 13. The summed E-state index contributed by atoms with van der Waals surface area (Å²) in [4.78, 5) is 5.30. The molecular weight excluding hydrogens is 771 g/mol. The van der Waals surface area contributed by atoms with Crippen molar-refractivity contribution >= 4 is 46.2 Å². The van der Waals surface area contributed by atoms with Gasteiger partial charge in [0.05, 0.1) is 11.1 Å². The first-order valence-corrected chi connectivity index (χ1v) is 22.4. The van der Waals surface area contributed by atoms with E-state index in [1.165, 1.54) is 112 Å². The van der Waals surface area contributed by atoms with Crippen LogP contribution in [0.15, 0.2) is 237 Å². The third-order valence-corrected chi connectivity index (χ3v) is 14.4. The minimum atomic E-state index is -0.520. The molecule has 0 bridgehead atoms. The largest absolute Gasteiger partial charge is 0.376 e. The molecule has 0 saturated heterocycles. The predicted molar refractivity (Wildman–Crippen MR) is 267 cm³/mol. The van der Waals surface area contributed by atoms with Gasteiger partial charge in [-0.1, -0.05) is 194 Å². The van der Waals surface area contributed by atoms with Gasteiger partial charge in [-0.3, -0.25) is 0 Å². The minimum Gasteiger partial charge on any atom is -0.376 e. The molecule has 10 aromatic carbocycles. The first-order valence-electron chi connectivity index (χ1n) is 22.4. The second-order valence-electron chi connectivity index (χ2n) is 17.6. The molecule has 64 heavy (non-hydrogen) atoms. The van der Waals surface area contributed by atoms with Crippen LogP contribution in [0.5, 0.6) is 0 Å². The monoisotopic (exact) mass is 810 g/mol. The summed E-state index contributed by atoms with van der Waals surface area (Å²) >= 11 is 0. The normalized spacial score (nSPS) is 14.0. The highest BCUT2D eigenvalue weighted by atomic mass is 15.2. The van der Waals surface area contributed by atoms with Crippen molar-refractivity contribution < 1.29 is 0 Å². The van der Waals surface area contributed by atoms with Gasteiger partial charge in [0.1, 0.15) is 0 Å². The number of anilines is 5. The third kappa shape index (κ3) is 4.76. The average molecular weight is 811 g/mol. The minimum absolute atomic E-state index is 0.139. The quantitative estimate of drug-likeness (QED) is 0.163. The number of hydrogen-bond acceptors (Lipinski definition) is 2. The Hall–Kier alpha value is -8.14. The van der Waals surface area contributed by atoms with Crippen LogP contribution >= 0.6 is 0 Å². The highest BCUT2D eigenvalue weighted by Gasteiger charge is 2.55. The summed E-state index contributed by atoms with van der Waals surface area (Å²) < 4.78 is 0. The number of nitrogens with zero attached hydrogens (tertiary/aromatic N) is 2. The van der Waals surface area contributed by atoms with E-state index in [4.69, 9.17) is 0 Å². The third-order valence-electron chi connectivity index (χ3n) is 14.4. The van der Waals surface area contributed by atoms with E-state index >= 15 is 0 Å². The number of para-hydroxylation sites is 3. The van der Waals surface area contributed by atoms with Crippen molar-refractivity contribution in [3.8, 4) is 55.6 Å². The summed E-state index contributed by atoms with van der Waals surface area (Å²) in [7, 11) is 0. The van der Waals surface area contributed by atoms with Gasteiger partial charge in [0, 0.05) is 28.3 Å². The average Bonchev–Trinajstić information content (AvgIpc) is 3.67. The Kier molecular flexibility index (Phi) is 7.44. The molecule has 14 rings (SSSR count). The molecule has 0 N–H and O–H groups in total. The molecule has 3 heterocycles. The van der Waals surface area contributed by atoms with Crippen LogP contribution in [-0.2, 0) is 5.41 Å². The summed E-state index contributed by atoms with van der Waals surface area (Å²) in [6.45, 7) is -0.139. The zero-order valence-corrected chi connectivity index (χ0v) is 35.0. The lowest BCUT2D eigenvalue weighted by molar-refractivity contribution is 0.753. The van der Waals surface area contributed by atoms with Crippen molar-refractivity contribution in [3.05, 3.63) is 259 Å². The lowest BCUT2D eigenvalue weighted by Crippen LogP contribution is -2.62. The van der Waals surface area contributed by atoms with E-state index in [1.54, 1.807) is 0 Å². The summed E-state index contributed by atoms with van der Waals surface area (Å²) in [5, 5.41) is 0. The number of hydrogen-bond donors (Lipinski definition) is 0. The van der Waals surface area contributed by atoms with Gasteiger partial charge in [-0.15, -0.1) is 0 Å². The Labute approximate surface area is 374 Å². The number of benzene rings is 10. The molecular formula is C61H39BN2. The van der Waals surface area contributed by atoms with E-state index in [1.807, 2.05) is 0 Å². The molecule has 1 aliphatic carbocycles. The summed E-state index contributed by atoms with van der Waals surface area (Å²) in [6, 6.07) is 88.6. The molecule has 0 unspecified atom stereocenters. The predicted octanol–water partition coefficient (Wildman–Crippen LogP) is 14.1. The van der Waals surface area contributed by atoms with Gasteiger partial charge in [0.15, 0.2) is 0 Å². The number of rotatable bonds is 4. The fourth-order valence-electron chi connectivity index (χ4n) is 11.9. The highest BCUT2D eigenvalue weighted by molar-refractivity contribution is 6.93. The fraction of sp³-hybridized carbons (Fsp3) is 0.0164. The molecule has 0 atom stereocenters. The van der Waals surface area contributed by atoms with Crippen LogP contribution in [0.4, 0.5) is 28.4 Å². The van der Waals surface area contributed by atoms with Crippen molar-refractivity contribution in [2.75, 3.05) is 9.71 Å². The standard InChI is InChI=1S/C61H39BN2/c1-4-19-40(20-5-1)43-35-44(41-21-6-2-7-22-41)37-46(36-43)64-56-33-16-12-27-49(56)50-38-45(42-23-8-3-9-24-42)39-58-59(50)62(64)55-32-18-31-54-60(55)63(58)57-34-17-15-30-53(57)61(54)51-28-13-10-25-47(51)48-26-11-14-29-52(48)61/h1-39H. The van der Waals surface area contributed by atoms with Gasteiger partial charge in [0.2, 0.25) is 0 Å². The second-order valence-corrected chi connectivity index (χ2v) is 17.6. The van der Waals surface area contributed by atoms with Crippen molar-refractivity contribution in [3.63, 3.8) is 0 Å². The Morgan fingerprint density at radius 1 is 0.312 bits per heavy atom. The van der Waals surface area contributed by atoms with E-state index in [2.05, 4.69) is 246 Å². The molecule has 0 amide bonds. The van der Waals surface area contributed by atoms with Crippen LogP contribution in [0.3, 0.4) is 0 Å². The van der Waals surface area contributed by atoms with E-state index in [-0.39, 0.29) is 6.85 Å². The van der Waals surface area contributed by atoms with Crippen LogP contribution in [-0.4, -0.2) is 6.85 Å². The summed E-state index contributed by atoms with van der Waals surface area (Å²) in [5.41, 5.74) is 25.8. The van der Waals surface area contributed by atoms with Crippen LogP contribution in [0.25, 0.3) is 55.6 Å². The molecule has 296 valence electrons. The lowest BCUT2D eigenvalue weighted by Gasteiger charge is -2.51. The van der Waals surface area contributed by atoms with Crippen molar-refractivity contribution in [1.29, 1.82) is 0 Å².